The number of nitrogens with one attached hydrogen (secondary N) is 1. The molecule has 2 amide bonds. The summed E-state index contributed by atoms with van der Waals surface area (Å²) in [4.78, 5) is 19.1. The Morgan fingerprint density at radius 1 is 1.31 bits per heavy atom. The lowest BCUT2D eigenvalue weighted by Crippen LogP contribution is -2.34. The molecule has 4 rings (SSSR count). The van der Waals surface area contributed by atoms with Crippen LogP contribution in [0.25, 0.3) is 11.4 Å². The van der Waals surface area contributed by atoms with Gasteiger partial charge in [0.05, 0.1) is 23.4 Å². The lowest BCUT2D eigenvalue weighted by atomic mass is 10.2. The van der Waals surface area contributed by atoms with Crippen LogP contribution in [0.5, 0.6) is 5.75 Å². The van der Waals surface area contributed by atoms with Crippen molar-refractivity contribution >= 4 is 23.3 Å². The number of urea groups is 1. The molecule has 0 unspecified atom stereocenters. The molecular formula is C21H21ClN4O3. The molecule has 0 bridgehead atoms. The minimum absolute atomic E-state index is 0.240. The van der Waals surface area contributed by atoms with Gasteiger partial charge in [0, 0.05) is 6.54 Å². The number of rotatable bonds is 4. The Labute approximate surface area is 173 Å². The number of hydrogen-bond donors (Lipinski definition) is 1. The second kappa shape index (κ2) is 8.13. The van der Waals surface area contributed by atoms with Gasteiger partial charge in [-0.2, -0.15) is 4.98 Å². The molecule has 29 heavy (non-hydrogen) atoms. The number of anilines is 1. The Hall–Kier alpha value is -3.06. The number of ether oxygens (including phenoxy) is 1. The lowest BCUT2D eigenvalue weighted by Gasteiger charge is -2.22. The van der Waals surface area contributed by atoms with E-state index in [2.05, 4.69) is 15.5 Å². The number of hydrogen-bond acceptors (Lipinski definition) is 5. The predicted octanol–water partition coefficient (Wildman–Crippen LogP) is 5.08. The van der Waals surface area contributed by atoms with Gasteiger partial charge in [0.25, 0.3) is 0 Å². The van der Waals surface area contributed by atoms with Crippen molar-refractivity contribution in [3.05, 3.63) is 58.9 Å². The van der Waals surface area contributed by atoms with E-state index in [9.17, 15) is 4.79 Å². The zero-order chi connectivity index (χ0) is 20.4. The Morgan fingerprint density at radius 2 is 2.14 bits per heavy atom. The number of nitrogens with zero attached hydrogens (tertiary/aromatic N) is 3. The zero-order valence-corrected chi connectivity index (χ0v) is 16.9. The number of carbonyl (C=O) groups is 1. The summed E-state index contributed by atoms with van der Waals surface area (Å²) in [5.41, 5.74) is 2.35. The highest BCUT2D eigenvalue weighted by atomic mass is 35.5. The van der Waals surface area contributed by atoms with Crippen molar-refractivity contribution in [2.45, 2.75) is 25.8 Å². The lowest BCUT2D eigenvalue weighted by molar-refractivity contribution is 0.193. The first-order chi connectivity index (χ1) is 14.1. The van der Waals surface area contributed by atoms with Crippen LogP contribution in [-0.4, -0.2) is 34.7 Å². The normalized spacial score (nSPS) is 16.1. The van der Waals surface area contributed by atoms with Gasteiger partial charge in [-0.15, -0.1) is 0 Å². The largest absolute Gasteiger partial charge is 0.496 e. The highest BCUT2D eigenvalue weighted by Crippen LogP contribution is 2.34. The van der Waals surface area contributed by atoms with Gasteiger partial charge in [-0.25, -0.2) is 4.79 Å². The molecule has 2 heterocycles. The smallest absolute Gasteiger partial charge is 0.322 e. The molecule has 8 heteroatoms. The highest BCUT2D eigenvalue weighted by molar-refractivity contribution is 6.33. The number of aromatic nitrogens is 2. The van der Waals surface area contributed by atoms with Crippen LogP contribution < -0.4 is 10.1 Å². The van der Waals surface area contributed by atoms with Crippen LogP contribution in [0.4, 0.5) is 10.5 Å². The maximum Gasteiger partial charge on any atom is 0.322 e. The third-order valence-electron chi connectivity index (χ3n) is 4.95. The van der Waals surface area contributed by atoms with Crippen LogP contribution >= 0.6 is 11.6 Å². The standard InChI is InChI=1S/C21H21ClN4O3/c1-13-9-10-16(15(22)12-13)23-21(27)26-11-5-7-17(26)20-24-19(25-29-20)14-6-3-4-8-18(14)28-2/h3-4,6,8-10,12,17H,5,7,11H2,1-2H3,(H,23,27)/t17-/m0/s1. The topological polar surface area (TPSA) is 80.5 Å². The van der Waals surface area contributed by atoms with Gasteiger partial charge in [0.15, 0.2) is 0 Å². The van der Waals surface area contributed by atoms with Crippen molar-refractivity contribution in [1.82, 2.24) is 15.0 Å². The summed E-state index contributed by atoms with van der Waals surface area (Å²) < 4.78 is 10.9. The van der Waals surface area contributed by atoms with Gasteiger partial charge in [-0.1, -0.05) is 35.0 Å². The van der Waals surface area contributed by atoms with Crippen molar-refractivity contribution in [2.24, 2.45) is 0 Å². The van der Waals surface area contributed by atoms with Crippen molar-refractivity contribution in [1.29, 1.82) is 0 Å². The number of benzene rings is 2. The minimum Gasteiger partial charge on any atom is -0.496 e. The van der Waals surface area contributed by atoms with Crippen LogP contribution in [0.3, 0.4) is 0 Å². The maximum absolute atomic E-state index is 12.9. The highest BCUT2D eigenvalue weighted by Gasteiger charge is 2.34. The van der Waals surface area contributed by atoms with Crippen molar-refractivity contribution < 1.29 is 14.1 Å². The molecule has 1 saturated heterocycles. The number of para-hydroxylation sites is 1. The predicted molar refractivity (Wildman–Crippen MR) is 110 cm³/mol. The van der Waals surface area contributed by atoms with Crippen LogP contribution in [0.1, 0.15) is 30.3 Å². The molecular weight excluding hydrogens is 392 g/mol. The third kappa shape index (κ3) is 3.91. The van der Waals surface area contributed by atoms with E-state index in [1.54, 1.807) is 18.1 Å². The maximum atomic E-state index is 12.9. The number of aryl methyl sites for hydroxylation is 1. The second-order valence-electron chi connectivity index (χ2n) is 6.92. The molecule has 0 radical (unpaired) electrons. The van der Waals surface area contributed by atoms with E-state index in [1.165, 1.54) is 0 Å². The van der Waals surface area contributed by atoms with Gasteiger partial charge >= 0.3 is 6.03 Å². The number of methoxy groups -OCH3 is 1. The van der Waals surface area contributed by atoms with E-state index >= 15 is 0 Å². The fourth-order valence-electron chi connectivity index (χ4n) is 3.48. The third-order valence-corrected chi connectivity index (χ3v) is 5.27. The summed E-state index contributed by atoms with van der Waals surface area (Å²) >= 11 is 6.25. The average Bonchev–Trinajstić information content (AvgIpc) is 3.39. The Morgan fingerprint density at radius 3 is 2.93 bits per heavy atom. The Balaban J connectivity index is 1.54. The van der Waals surface area contributed by atoms with Gasteiger partial charge in [0.1, 0.15) is 11.8 Å². The number of carbonyl (C=O) groups excluding carboxylic acids is 1. The molecule has 1 aliphatic heterocycles. The first-order valence-corrected chi connectivity index (χ1v) is 9.75. The SMILES string of the molecule is COc1ccccc1-c1noc([C@@H]2CCCN2C(=O)Nc2ccc(C)cc2Cl)n1. The Kier molecular flexibility index (Phi) is 5.40. The zero-order valence-electron chi connectivity index (χ0n) is 16.2. The van der Waals surface area contributed by atoms with Gasteiger partial charge in [-0.3, -0.25) is 0 Å². The first kappa shape index (κ1) is 19.3. The fraction of sp³-hybridized carbons (Fsp3) is 0.286. The molecule has 150 valence electrons. The molecule has 0 spiro atoms. The van der Waals surface area contributed by atoms with E-state index < -0.39 is 0 Å². The van der Waals surface area contributed by atoms with Gasteiger partial charge in [0.2, 0.25) is 11.7 Å². The van der Waals surface area contributed by atoms with Crippen LogP contribution in [-0.2, 0) is 0 Å². The number of likely N-dealkylation sites (tertiary alicyclic amines) is 1. The van der Waals surface area contributed by atoms with Crippen molar-refractivity contribution in [3.8, 4) is 17.1 Å². The first-order valence-electron chi connectivity index (χ1n) is 9.37. The summed E-state index contributed by atoms with van der Waals surface area (Å²) in [5, 5.41) is 7.48. The molecule has 1 atom stereocenters. The molecule has 1 aromatic heterocycles. The van der Waals surface area contributed by atoms with E-state index in [-0.39, 0.29) is 12.1 Å². The van der Waals surface area contributed by atoms with Crippen LogP contribution in [0.2, 0.25) is 5.02 Å². The second-order valence-corrected chi connectivity index (χ2v) is 7.33. The van der Waals surface area contributed by atoms with E-state index in [1.807, 2.05) is 43.3 Å². The fourth-order valence-corrected chi connectivity index (χ4v) is 3.77. The van der Waals surface area contributed by atoms with Crippen molar-refractivity contribution in [3.63, 3.8) is 0 Å². The quantitative estimate of drug-likeness (QED) is 0.646. The van der Waals surface area contributed by atoms with Crippen molar-refractivity contribution in [2.75, 3.05) is 19.0 Å². The number of amides is 2. The summed E-state index contributed by atoms with van der Waals surface area (Å²) in [6, 6.07) is 12.5. The van der Waals surface area contributed by atoms with Gasteiger partial charge < -0.3 is 19.5 Å². The molecule has 2 aromatic carbocycles. The molecule has 0 aliphatic carbocycles. The van der Waals surface area contributed by atoms with Crippen LogP contribution in [0, 0.1) is 6.92 Å². The summed E-state index contributed by atoms with van der Waals surface area (Å²) in [5.74, 6) is 1.51. The summed E-state index contributed by atoms with van der Waals surface area (Å²) in [6.07, 6.45) is 1.61. The molecule has 0 saturated carbocycles. The molecule has 1 aliphatic rings. The van der Waals surface area contributed by atoms with E-state index in [0.717, 1.165) is 24.0 Å². The molecule has 3 aromatic rings. The molecule has 1 N–H and O–H groups in total. The Bertz CT molecular complexity index is 1040. The number of halogens is 1. The monoisotopic (exact) mass is 412 g/mol. The summed E-state index contributed by atoms with van der Waals surface area (Å²) in [7, 11) is 1.60. The molecule has 7 nitrogen and oxygen atoms in total. The van der Waals surface area contributed by atoms with Gasteiger partial charge in [-0.05, 0) is 49.6 Å². The average molecular weight is 413 g/mol. The summed E-state index contributed by atoms with van der Waals surface area (Å²) in [6.45, 7) is 2.55. The molecule has 1 fully saturated rings. The van der Waals surface area contributed by atoms with Crippen LogP contribution in [0.15, 0.2) is 47.0 Å². The van der Waals surface area contributed by atoms with E-state index in [0.29, 0.717) is 34.7 Å². The minimum atomic E-state index is -0.282. The van der Waals surface area contributed by atoms with E-state index in [4.69, 9.17) is 20.9 Å².